The highest BCUT2D eigenvalue weighted by Crippen LogP contribution is 2.19. The standard InChI is InChI=1S/C8H9N3O.C6H4ClN3/c1-2-12-8-6-3-4-9-7(6)10-5-11-8;7-5-4-1-2-8-6(4)10-3-9-5/h3-5H,2H2,1H3,(H,9,10,11);1-3H,(H,8,9,10). The molecule has 0 unspecified atom stereocenters. The number of halogens is 1. The van der Waals surface area contributed by atoms with Crippen LogP contribution in [0, 0.1) is 0 Å². The van der Waals surface area contributed by atoms with E-state index < -0.39 is 0 Å². The van der Waals surface area contributed by atoms with Crippen LogP contribution in [0.5, 0.6) is 5.88 Å². The van der Waals surface area contributed by atoms with Gasteiger partial charge in [-0.2, -0.15) is 0 Å². The lowest BCUT2D eigenvalue weighted by Gasteiger charge is -2.00. The molecule has 0 saturated carbocycles. The predicted molar refractivity (Wildman–Crippen MR) is 84.0 cm³/mol. The maximum absolute atomic E-state index is 5.73. The quantitative estimate of drug-likeness (QED) is 0.555. The highest BCUT2D eigenvalue weighted by molar-refractivity contribution is 6.33. The first-order valence-corrected chi connectivity index (χ1v) is 7.02. The van der Waals surface area contributed by atoms with E-state index in [-0.39, 0.29) is 0 Å². The molecule has 8 heteroatoms. The largest absolute Gasteiger partial charge is 0.477 e. The van der Waals surface area contributed by atoms with Gasteiger partial charge < -0.3 is 14.7 Å². The summed E-state index contributed by atoms with van der Waals surface area (Å²) in [5.74, 6) is 0.642. The van der Waals surface area contributed by atoms with E-state index in [9.17, 15) is 0 Å². The Morgan fingerprint density at radius 2 is 1.59 bits per heavy atom. The van der Waals surface area contributed by atoms with Crippen molar-refractivity contribution in [2.24, 2.45) is 0 Å². The molecule has 0 amide bonds. The van der Waals surface area contributed by atoms with Crippen molar-refractivity contribution in [2.45, 2.75) is 6.92 Å². The van der Waals surface area contributed by atoms with Gasteiger partial charge in [-0.3, -0.25) is 0 Å². The van der Waals surface area contributed by atoms with Crippen molar-refractivity contribution >= 4 is 33.7 Å². The van der Waals surface area contributed by atoms with Crippen molar-refractivity contribution in [3.63, 3.8) is 0 Å². The van der Waals surface area contributed by atoms with E-state index in [1.807, 2.05) is 25.3 Å². The summed E-state index contributed by atoms with van der Waals surface area (Å²) in [6.07, 6.45) is 6.53. The van der Waals surface area contributed by atoms with Crippen molar-refractivity contribution in [2.75, 3.05) is 6.61 Å². The zero-order valence-corrected chi connectivity index (χ0v) is 12.5. The highest BCUT2D eigenvalue weighted by Gasteiger charge is 2.03. The van der Waals surface area contributed by atoms with Gasteiger partial charge in [0.1, 0.15) is 29.1 Å². The van der Waals surface area contributed by atoms with Crippen LogP contribution < -0.4 is 4.74 Å². The van der Waals surface area contributed by atoms with Crippen molar-refractivity contribution in [3.8, 4) is 5.88 Å². The monoisotopic (exact) mass is 316 g/mol. The van der Waals surface area contributed by atoms with E-state index in [2.05, 4.69) is 29.9 Å². The van der Waals surface area contributed by atoms with Crippen LogP contribution in [0.2, 0.25) is 5.15 Å². The number of hydrogen-bond acceptors (Lipinski definition) is 5. The van der Waals surface area contributed by atoms with Gasteiger partial charge in [0.25, 0.3) is 0 Å². The SMILES string of the molecule is CCOc1ncnc2[nH]ccc12.Clc1ncnc2[nH]ccc12. The zero-order chi connectivity index (χ0) is 15.4. The second kappa shape index (κ2) is 6.40. The molecule has 22 heavy (non-hydrogen) atoms. The third-order valence-electron chi connectivity index (χ3n) is 2.90. The Kier molecular flexibility index (Phi) is 4.15. The minimum atomic E-state index is 0.492. The number of rotatable bonds is 2. The fourth-order valence-electron chi connectivity index (χ4n) is 1.94. The van der Waals surface area contributed by atoms with Gasteiger partial charge >= 0.3 is 0 Å². The van der Waals surface area contributed by atoms with Crippen LogP contribution in [0.25, 0.3) is 22.1 Å². The van der Waals surface area contributed by atoms with E-state index in [1.165, 1.54) is 12.7 Å². The van der Waals surface area contributed by atoms with Gasteiger partial charge in [-0.25, -0.2) is 19.9 Å². The van der Waals surface area contributed by atoms with Crippen molar-refractivity contribution < 1.29 is 4.74 Å². The molecular formula is C14H13ClN6O. The molecule has 0 aliphatic rings. The fourth-order valence-corrected chi connectivity index (χ4v) is 2.14. The summed E-state index contributed by atoms with van der Waals surface area (Å²) in [6, 6.07) is 3.75. The second-order valence-corrected chi connectivity index (χ2v) is 4.61. The Hall–Kier alpha value is -2.67. The minimum Gasteiger partial charge on any atom is -0.477 e. The lowest BCUT2D eigenvalue weighted by Crippen LogP contribution is -1.95. The first kappa shape index (κ1) is 14.3. The summed E-state index contributed by atoms with van der Waals surface area (Å²) in [5.41, 5.74) is 1.59. The van der Waals surface area contributed by atoms with Gasteiger partial charge in [0.05, 0.1) is 17.4 Å². The molecule has 4 aromatic rings. The predicted octanol–water partition coefficient (Wildman–Crippen LogP) is 2.97. The van der Waals surface area contributed by atoms with E-state index in [4.69, 9.17) is 16.3 Å². The molecular weight excluding hydrogens is 304 g/mol. The molecule has 0 aliphatic heterocycles. The number of nitrogens with zero attached hydrogens (tertiary/aromatic N) is 4. The van der Waals surface area contributed by atoms with E-state index in [0.29, 0.717) is 17.6 Å². The van der Waals surface area contributed by atoms with E-state index in [0.717, 1.165) is 22.1 Å². The molecule has 4 rings (SSSR count). The van der Waals surface area contributed by atoms with Crippen LogP contribution >= 0.6 is 11.6 Å². The number of aromatic nitrogens is 6. The summed E-state index contributed by atoms with van der Waals surface area (Å²) >= 11 is 5.73. The summed E-state index contributed by atoms with van der Waals surface area (Å²) < 4.78 is 5.31. The average Bonchev–Trinajstić information content (AvgIpc) is 3.18. The lowest BCUT2D eigenvalue weighted by molar-refractivity contribution is 0.331. The molecule has 4 aromatic heterocycles. The van der Waals surface area contributed by atoms with Gasteiger partial charge in [0, 0.05) is 12.4 Å². The molecule has 0 aromatic carbocycles. The molecule has 7 nitrogen and oxygen atoms in total. The summed E-state index contributed by atoms with van der Waals surface area (Å²) in [6.45, 7) is 2.55. The number of hydrogen-bond donors (Lipinski definition) is 2. The number of fused-ring (bicyclic) bond motifs is 2. The van der Waals surface area contributed by atoms with Crippen LogP contribution in [0.1, 0.15) is 6.92 Å². The molecule has 0 radical (unpaired) electrons. The summed E-state index contributed by atoms with van der Waals surface area (Å²) in [4.78, 5) is 21.7. The van der Waals surface area contributed by atoms with Crippen LogP contribution in [-0.2, 0) is 0 Å². The molecule has 2 N–H and O–H groups in total. The fraction of sp³-hybridized carbons (Fsp3) is 0.143. The Balaban J connectivity index is 0.000000133. The zero-order valence-electron chi connectivity index (χ0n) is 11.7. The molecule has 0 spiro atoms. The van der Waals surface area contributed by atoms with Gasteiger partial charge in [0.15, 0.2) is 0 Å². The number of H-pyrrole nitrogens is 2. The first-order chi connectivity index (χ1) is 10.8. The molecule has 112 valence electrons. The van der Waals surface area contributed by atoms with E-state index in [1.54, 1.807) is 6.20 Å². The van der Waals surface area contributed by atoms with E-state index >= 15 is 0 Å². The van der Waals surface area contributed by atoms with Crippen molar-refractivity contribution in [1.29, 1.82) is 0 Å². The van der Waals surface area contributed by atoms with Gasteiger partial charge in [-0.15, -0.1) is 0 Å². The topological polar surface area (TPSA) is 92.4 Å². The molecule has 0 saturated heterocycles. The Morgan fingerprint density at radius 3 is 2.27 bits per heavy atom. The Labute approximate surface area is 130 Å². The van der Waals surface area contributed by atoms with Crippen LogP contribution in [0.15, 0.2) is 37.2 Å². The number of aromatic amines is 2. The Bertz CT molecular complexity index is 887. The summed E-state index contributed by atoms with van der Waals surface area (Å²) in [5, 5.41) is 2.29. The third-order valence-corrected chi connectivity index (χ3v) is 3.20. The molecule has 4 heterocycles. The van der Waals surface area contributed by atoms with Gasteiger partial charge in [-0.05, 0) is 19.1 Å². The number of ether oxygens (including phenoxy) is 1. The lowest BCUT2D eigenvalue weighted by atomic mass is 10.4. The number of nitrogens with one attached hydrogen (secondary N) is 2. The van der Waals surface area contributed by atoms with Crippen LogP contribution in [0.3, 0.4) is 0 Å². The minimum absolute atomic E-state index is 0.492. The average molecular weight is 317 g/mol. The first-order valence-electron chi connectivity index (χ1n) is 6.64. The molecule has 0 fully saturated rings. The van der Waals surface area contributed by atoms with Gasteiger partial charge in [0.2, 0.25) is 5.88 Å². The maximum atomic E-state index is 5.73. The third kappa shape index (κ3) is 2.84. The van der Waals surface area contributed by atoms with Crippen LogP contribution in [-0.4, -0.2) is 36.5 Å². The molecule has 0 atom stereocenters. The maximum Gasteiger partial charge on any atom is 0.226 e. The van der Waals surface area contributed by atoms with Crippen molar-refractivity contribution in [1.82, 2.24) is 29.9 Å². The van der Waals surface area contributed by atoms with Gasteiger partial charge in [-0.1, -0.05) is 11.6 Å². The normalized spacial score (nSPS) is 10.5. The summed E-state index contributed by atoms with van der Waals surface area (Å²) in [7, 11) is 0. The van der Waals surface area contributed by atoms with Crippen LogP contribution in [0.4, 0.5) is 0 Å². The van der Waals surface area contributed by atoms with Crippen molar-refractivity contribution in [3.05, 3.63) is 42.3 Å². The molecule has 0 aliphatic carbocycles. The second-order valence-electron chi connectivity index (χ2n) is 4.26. The molecule has 0 bridgehead atoms. The Morgan fingerprint density at radius 1 is 0.955 bits per heavy atom. The smallest absolute Gasteiger partial charge is 0.226 e. The highest BCUT2D eigenvalue weighted by atomic mass is 35.5.